The van der Waals surface area contributed by atoms with Crippen LogP contribution in [0.25, 0.3) is 0 Å². The second kappa shape index (κ2) is 10.1. The first-order chi connectivity index (χ1) is 9.64. The lowest BCUT2D eigenvalue weighted by Crippen LogP contribution is -2.35. The minimum Gasteiger partial charge on any atom is -0.211 e. The van der Waals surface area contributed by atoms with Crippen LogP contribution in [-0.4, -0.2) is 27.8 Å². The fourth-order valence-corrected chi connectivity index (χ4v) is 5.05. The summed E-state index contributed by atoms with van der Waals surface area (Å²) >= 11 is 10.5. The maximum Gasteiger partial charge on any atom is 0.319 e. The quantitative estimate of drug-likeness (QED) is 0.299. The molecule has 0 heterocycles. The van der Waals surface area contributed by atoms with Crippen molar-refractivity contribution < 1.29 is 12.8 Å². The second-order valence-corrected chi connectivity index (χ2v) is 9.70. The van der Waals surface area contributed by atoms with Gasteiger partial charge in [0.25, 0.3) is 0 Å². The van der Waals surface area contributed by atoms with E-state index in [1.54, 1.807) is 6.07 Å². The van der Waals surface area contributed by atoms with Gasteiger partial charge in [-0.2, -0.15) is 9.65 Å². The average molecular weight is 379 g/mol. The Morgan fingerprint density at radius 2 is 1.81 bits per heavy atom. The third kappa shape index (κ3) is 9.80. The van der Waals surface area contributed by atoms with Crippen molar-refractivity contribution in [2.24, 2.45) is 0 Å². The second-order valence-electron chi connectivity index (χ2n) is 4.68. The van der Waals surface area contributed by atoms with Crippen molar-refractivity contribution in [3.63, 3.8) is 0 Å². The molecule has 0 aromatic carbocycles. The molecule has 0 aliphatic heterocycles. The molecule has 124 valence electrons. The summed E-state index contributed by atoms with van der Waals surface area (Å²) in [6.07, 6.45) is 5.52. The molecule has 0 aromatic rings. The Hall–Kier alpha value is 0.260. The van der Waals surface area contributed by atoms with E-state index in [0.29, 0.717) is 10.1 Å². The van der Waals surface area contributed by atoms with Crippen LogP contribution in [0.1, 0.15) is 52.4 Å². The van der Waals surface area contributed by atoms with Crippen LogP contribution in [0.15, 0.2) is 0 Å². The predicted molar refractivity (Wildman–Crippen MR) is 87.2 cm³/mol. The number of hydrogen-bond donors (Lipinski definition) is 0. The topological polar surface area (TPSA) is 61.2 Å². The summed E-state index contributed by atoms with van der Waals surface area (Å²) in [6, 6.07) is 0.706. The number of unbranched alkanes of at least 4 members (excludes halogenated alkanes) is 5. The molecule has 0 aromatic heterocycles. The Kier molecular flexibility index (Phi) is 10.2. The summed E-state index contributed by atoms with van der Waals surface area (Å²) in [4.78, 5) is 0. The summed E-state index contributed by atoms with van der Waals surface area (Å²) in [5.41, 5.74) is 0. The van der Waals surface area contributed by atoms with E-state index in [4.69, 9.17) is 28.5 Å². The van der Waals surface area contributed by atoms with Crippen LogP contribution in [0.3, 0.4) is 0 Å². The van der Waals surface area contributed by atoms with E-state index in [2.05, 4.69) is 6.92 Å². The Bertz CT molecular complexity index is 436. The number of nitriles is 1. The van der Waals surface area contributed by atoms with Crippen molar-refractivity contribution in [1.29, 1.82) is 5.26 Å². The van der Waals surface area contributed by atoms with Gasteiger partial charge in [-0.05, 0) is 13.3 Å². The molecule has 0 fully saturated rings. The van der Waals surface area contributed by atoms with Gasteiger partial charge < -0.3 is 0 Å². The average Bonchev–Trinajstić information content (AvgIpc) is 2.38. The van der Waals surface area contributed by atoms with Gasteiger partial charge in [-0.15, -0.1) is 3.71 Å². The normalized spacial score (nSPS) is 14.1. The molecule has 0 N–H and O–H groups in total. The highest BCUT2D eigenvalue weighted by molar-refractivity contribution is 8.10. The summed E-state index contributed by atoms with van der Waals surface area (Å²) in [6.45, 7) is 3.45. The molecule has 0 bridgehead atoms. The molecule has 4 nitrogen and oxygen atoms in total. The van der Waals surface area contributed by atoms with Crippen LogP contribution in [-0.2, 0) is 10.0 Å². The van der Waals surface area contributed by atoms with E-state index in [0.717, 1.165) is 32.1 Å². The number of alkyl halides is 3. The van der Waals surface area contributed by atoms with Crippen molar-refractivity contribution >= 4 is 45.2 Å². The van der Waals surface area contributed by atoms with Gasteiger partial charge in [0, 0.05) is 11.9 Å². The van der Waals surface area contributed by atoms with E-state index in [1.165, 1.54) is 6.92 Å². The van der Waals surface area contributed by atoms with Gasteiger partial charge >= 0.3 is 3.92 Å². The van der Waals surface area contributed by atoms with Gasteiger partial charge in [-0.1, -0.05) is 62.2 Å². The molecule has 0 rings (SSSR count). The highest BCUT2D eigenvalue weighted by Gasteiger charge is 2.37. The van der Waals surface area contributed by atoms with Crippen LogP contribution < -0.4 is 0 Å². The Balaban J connectivity index is 4.55. The third-order valence-corrected chi connectivity index (χ3v) is 6.42. The Morgan fingerprint density at radius 3 is 2.29 bits per heavy atom. The van der Waals surface area contributed by atoms with Gasteiger partial charge in [0.1, 0.15) is 6.04 Å². The van der Waals surface area contributed by atoms with E-state index in [9.17, 15) is 12.8 Å². The lowest BCUT2D eigenvalue weighted by atomic mass is 10.1. The standard InChI is InChI=1S/C12H21Cl2FN2O2S2/c1-3-4-5-6-7-8-9-21(18,19)17(11(2)10-16)20-12(13,14)15/h11H,3-9H2,1-2H3. The van der Waals surface area contributed by atoms with Gasteiger partial charge in [-0.3, -0.25) is 0 Å². The summed E-state index contributed by atoms with van der Waals surface area (Å²) in [7, 11) is -3.79. The van der Waals surface area contributed by atoms with Crippen molar-refractivity contribution in [3.8, 4) is 6.07 Å². The van der Waals surface area contributed by atoms with Crippen molar-refractivity contribution in [3.05, 3.63) is 0 Å². The van der Waals surface area contributed by atoms with Crippen molar-refractivity contribution in [2.45, 2.75) is 62.3 Å². The zero-order valence-electron chi connectivity index (χ0n) is 12.2. The van der Waals surface area contributed by atoms with E-state index >= 15 is 0 Å². The lowest BCUT2D eigenvalue weighted by molar-refractivity contribution is 0.485. The molecular weight excluding hydrogens is 358 g/mol. The monoisotopic (exact) mass is 378 g/mol. The maximum atomic E-state index is 13.3. The molecular formula is C12H21Cl2FN2O2S2. The SMILES string of the molecule is CCCCCCCCS(=O)(=O)N(SC(F)(Cl)Cl)C(C)C#N. The minimum atomic E-state index is -3.79. The van der Waals surface area contributed by atoms with Crippen LogP contribution in [0.4, 0.5) is 4.39 Å². The van der Waals surface area contributed by atoms with Gasteiger partial charge in [0.2, 0.25) is 10.0 Å². The molecule has 0 amide bonds. The van der Waals surface area contributed by atoms with Crippen molar-refractivity contribution in [2.75, 3.05) is 5.75 Å². The molecule has 0 saturated heterocycles. The molecule has 0 aliphatic carbocycles. The van der Waals surface area contributed by atoms with Crippen LogP contribution in [0.2, 0.25) is 0 Å². The number of hydrogen-bond acceptors (Lipinski definition) is 4. The predicted octanol–water partition coefficient (Wildman–Crippen LogP) is 4.60. The molecule has 0 saturated carbocycles. The van der Waals surface area contributed by atoms with E-state index in [1.807, 2.05) is 0 Å². The van der Waals surface area contributed by atoms with E-state index in [-0.39, 0.29) is 17.7 Å². The fraction of sp³-hybridized carbons (Fsp3) is 0.917. The molecule has 0 aliphatic rings. The maximum absolute atomic E-state index is 13.3. The van der Waals surface area contributed by atoms with Crippen molar-refractivity contribution in [1.82, 2.24) is 3.71 Å². The van der Waals surface area contributed by atoms with Gasteiger partial charge in [-0.25, -0.2) is 8.42 Å². The largest absolute Gasteiger partial charge is 0.319 e. The number of nitrogens with zero attached hydrogens (tertiary/aromatic N) is 2. The molecule has 0 radical (unpaired) electrons. The number of halogens is 3. The Labute approximate surface area is 141 Å². The highest BCUT2D eigenvalue weighted by Crippen LogP contribution is 2.41. The van der Waals surface area contributed by atoms with E-state index < -0.39 is 20.0 Å². The summed E-state index contributed by atoms with van der Waals surface area (Å²) in [5, 5.41) is 8.86. The van der Waals surface area contributed by atoms with Crippen LogP contribution in [0, 0.1) is 11.3 Å². The molecule has 9 heteroatoms. The zero-order chi connectivity index (χ0) is 16.5. The van der Waals surface area contributed by atoms with Crippen LogP contribution in [0.5, 0.6) is 0 Å². The zero-order valence-corrected chi connectivity index (χ0v) is 15.3. The minimum absolute atomic E-state index is 0.100. The molecule has 0 spiro atoms. The summed E-state index contributed by atoms with van der Waals surface area (Å²) < 4.78 is 35.5. The Morgan fingerprint density at radius 1 is 1.29 bits per heavy atom. The molecule has 1 unspecified atom stereocenters. The molecule has 21 heavy (non-hydrogen) atoms. The highest BCUT2D eigenvalue weighted by atomic mass is 35.5. The summed E-state index contributed by atoms with van der Waals surface area (Å²) in [5.74, 6) is -0.151. The molecule has 1 atom stereocenters. The van der Waals surface area contributed by atoms with Gasteiger partial charge in [0.05, 0.1) is 11.8 Å². The van der Waals surface area contributed by atoms with Crippen LogP contribution >= 0.6 is 35.1 Å². The first kappa shape index (κ1) is 21.3. The number of rotatable bonds is 11. The smallest absolute Gasteiger partial charge is 0.211 e. The first-order valence-corrected chi connectivity index (χ1v) is 9.95. The fourth-order valence-electron chi connectivity index (χ4n) is 1.68. The van der Waals surface area contributed by atoms with Gasteiger partial charge in [0.15, 0.2) is 0 Å². The third-order valence-electron chi connectivity index (χ3n) is 2.73. The first-order valence-electron chi connectivity index (χ1n) is 6.81. The number of sulfonamides is 1. The lowest BCUT2D eigenvalue weighted by Gasteiger charge is -2.25.